The molecule has 4 nitrogen and oxygen atoms in total. The van der Waals surface area contributed by atoms with Gasteiger partial charge in [0.05, 0.1) is 0 Å². The summed E-state index contributed by atoms with van der Waals surface area (Å²) in [6.45, 7) is -0.130. The van der Waals surface area contributed by atoms with Crippen molar-refractivity contribution in [2.45, 2.75) is 6.42 Å². The van der Waals surface area contributed by atoms with Crippen LogP contribution in [0.3, 0.4) is 0 Å². The first-order valence-corrected chi connectivity index (χ1v) is 6.79. The number of amides is 2. The van der Waals surface area contributed by atoms with Gasteiger partial charge < -0.3 is 15.7 Å². The number of aliphatic hydroxyl groups is 1. The highest BCUT2D eigenvalue weighted by molar-refractivity contribution is 6.31. The third-order valence-corrected chi connectivity index (χ3v) is 3.20. The van der Waals surface area contributed by atoms with Gasteiger partial charge in [-0.2, -0.15) is 0 Å². The zero-order valence-corrected chi connectivity index (χ0v) is 12.1. The van der Waals surface area contributed by atoms with Crippen LogP contribution in [-0.2, 0) is 6.42 Å². The van der Waals surface area contributed by atoms with E-state index in [1.54, 1.807) is 18.2 Å². The van der Waals surface area contributed by atoms with Crippen molar-refractivity contribution in [1.82, 2.24) is 0 Å². The molecule has 0 aliphatic rings. The van der Waals surface area contributed by atoms with E-state index in [1.807, 2.05) is 0 Å². The molecule has 0 aliphatic heterocycles. The summed E-state index contributed by atoms with van der Waals surface area (Å²) in [6, 6.07) is 6.91. The molecule has 0 saturated carbocycles. The number of hydrogen-bond acceptors (Lipinski definition) is 2. The molecule has 2 amide bonds. The number of urea groups is 1. The van der Waals surface area contributed by atoms with Crippen molar-refractivity contribution in [2.75, 3.05) is 17.2 Å². The van der Waals surface area contributed by atoms with E-state index in [-0.39, 0.29) is 18.7 Å². The van der Waals surface area contributed by atoms with Crippen molar-refractivity contribution in [2.24, 2.45) is 0 Å². The minimum atomic E-state index is -0.793. The Labute approximate surface area is 130 Å². The van der Waals surface area contributed by atoms with E-state index >= 15 is 0 Å². The van der Waals surface area contributed by atoms with Crippen LogP contribution in [0.4, 0.5) is 25.0 Å². The molecule has 116 valence electrons. The van der Waals surface area contributed by atoms with Crippen molar-refractivity contribution in [3.05, 3.63) is 58.6 Å². The van der Waals surface area contributed by atoms with Gasteiger partial charge in [-0.05, 0) is 36.2 Å². The molecule has 0 spiro atoms. The first-order chi connectivity index (χ1) is 10.5. The van der Waals surface area contributed by atoms with Crippen LogP contribution >= 0.6 is 11.6 Å². The quantitative estimate of drug-likeness (QED) is 0.800. The van der Waals surface area contributed by atoms with E-state index in [2.05, 4.69) is 10.6 Å². The first kappa shape index (κ1) is 16.2. The summed E-state index contributed by atoms with van der Waals surface area (Å²) in [6.07, 6.45) is 0.268. The van der Waals surface area contributed by atoms with E-state index in [1.165, 1.54) is 0 Å². The Hall–Kier alpha value is -2.18. The molecule has 0 unspecified atom stereocenters. The lowest BCUT2D eigenvalue weighted by Crippen LogP contribution is -2.20. The topological polar surface area (TPSA) is 61.4 Å². The fraction of sp³-hybridized carbons (Fsp3) is 0.133. The number of anilines is 2. The summed E-state index contributed by atoms with van der Waals surface area (Å²) >= 11 is 6.01. The fourth-order valence-electron chi connectivity index (χ4n) is 1.95. The number of rotatable bonds is 4. The highest BCUT2D eigenvalue weighted by atomic mass is 35.5. The SMILES string of the molecule is O=C(Nc1cc(F)cc(F)c1)Nc1cccc(Cl)c1CCO. The second-order valence-corrected chi connectivity index (χ2v) is 4.88. The molecule has 3 N–H and O–H groups in total. The fourth-order valence-corrected chi connectivity index (χ4v) is 2.22. The van der Waals surface area contributed by atoms with Crippen LogP contribution in [-0.4, -0.2) is 17.7 Å². The predicted octanol–water partition coefficient (Wildman–Crippen LogP) is 3.80. The lowest BCUT2D eigenvalue weighted by atomic mass is 10.1. The van der Waals surface area contributed by atoms with Gasteiger partial charge in [0.2, 0.25) is 0 Å². The number of carbonyl (C=O) groups excluding carboxylic acids is 1. The van der Waals surface area contributed by atoms with Crippen molar-refractivity contribution < 1.29 is 18.7 Å². The molecule has 0 aliphatic carbocycles. The Morgan fingerprint density at radius 3 is 2.45 bits per heavy atom. The third-order valence-electron chi connectivity index (χ3n) is 2.85. The first-order valence-electron chi connectivity index (χ1n) is 6.42. The van der Waals surface area contributed by atoms with Gasteiger partial charge in [-0.15, -0.1) is 0 Å². The standard InChI is InChI=1S/C15H13ClF2N2O2/c16-13-2-1-3-14(12(13)4-5-21)20-15(22)19-11-7-9(17)6-10(18)8-11/h1-3,6-8,21H,4-5H2,(H2,19,20,22). The highest BCUT2D eigenvalue weighted by Crippen LogP contribution is 2.25. The van der Waals surface area contributed by atoms with Crippen LogP contribution in [0.25, 0.3) is 0 Å². The molecule has 2 aromatic carbocycles. The van der Waals surface area contributed by atoms with Crippen molar-refractivity contribution in [1.29, 1.82) is 0 Å². The van der Waals surface area contributed by atoms with Gasteiger partial charge in [0.25, 0.3) is 0 Å². The van der Waals surface area contributed by atoms with E-state index in [9.17, 15) is 13.6 Å². The maximum absolute atomic E-state index is 13.1. The van der Waals surface area contributed by atoms with Crippen molar-refractivity contribution in [3.8, 4) is 0 Å². The minimum absolute atomic E-state index is 0.0132. The molecular formula is C15H13ClF2N2O2. The van der Waals surface area contributed by atoms with Crippen LogP contribution in [0.15, 0.2) is 36.4 Å². The van der Waals surface area contributed by atoms with E-state index in [0.717, 1.165) is 12.1 Å². The second kappa shape index (κ2) is 7.20. The smallest absolute Gasteiger partial charge is 0.323 e. The maximum Gasteiger partial charge on any atom is 0.323 e. The summed E-state index contributed by atoms with van der Waals surface area (Å²) in [5, 5.41) is 14.3. The summed E-state index contributed by atoms with van der Waals surface area (Å²) in [5.41, 5.74) is 0.976. The molecule has 7 heteroatoms. The Morgan fingerprint density at radius 1 is 1.14 bits per heavy atom. The molecule has 2 aromatic rings. The molecule has 0 fully saturated rings. The zero-order chi connectivity index (χ0) is 16.1. The molecule has 0 heterocycles. The Balaban J connectivity index is 2.14. The predicted molar refractivity (Wildman–Crippen MR) is 81.2 cm³/mol. The average molecular weight is 327 g/mol. The molecule has 22 heavy (non-hydrogen) atoms. The van der Waals surface area contributed by atoms with Crippen molar-refractivity contribution >= 4 is 29.0 Å². The maximum atomic E-state index is 13.1. The van der Waals surface area contributed by atoms with E-state index in [4.69, 9.17) is 16.7 Å². The summed E-state index contributed by atoms with van der Waals surface area (Å²) in [4.78, 5) is 11.9. The zero-order valence-electron chi connectivity index (χ0n) is 11.4. The lowest BCUT2D eigenvalue weighted by Gasteiger charge is -2.13. The van der Waals surface area contributed by atoms with Crippen LogP contribution in [0, 0.1) is 11.6 Å². The molecule has 0 saturated heterocycles. The number of nitrogens with one attached hydrogen (secondary N) is 2. The molecule has 0 bridgehead atoms. The van der Waals surface area contributed by atoms with Gasteiger partial charge in [0.15, 0.2) is 0 Å². The van der Waals surface area contributed by atoms with Gasteiger partial charge in [0, 0.05) is 29.1 Å². The van der Waals surface area contributed by atoms with Crippen LogP contribution < -0.4 is 10.6 Å². The average Bonchev–Trinajstić information content (AvgIpc) is 2.41. The largest absolute Gasteiger partial charge is 0.396 e. The highest BCUT2D eigenvalue weighted by Gasteiger charge is 2.10. The van der Waals surface area contributed by atoms with Gasteiger partial charge in [-0.3, -0.25) is 0 Å². The lowest BCUT2D eigenvalue weighted by molar-refractivity contribution is 0.262. The monoisotopic (exact) mass is 326 g/mol. The van der Waals surface area contributed by atoms with Gasteiger partial charge in [-0.25, -0.2) is 13.6 Å². The molecule has 0 aromatic heterocycles. The Morgan fingerprint density at radius 2 is 1.82 bits per heavy atom. The van der Waals surface area contributed by atoms with Crippen LogP contribution in [0.2, 0.25) is 5.02 Å². The summed E-state index contributed by atoms with van der Waals surface area (Å²) in [7, 11) is 0. The molecular weight excluding hydrogens is 314 g/mol. The Kier molecular flexibility index (Phi) is 5.30. The van der Waals surface area contributed by atoms with Crippen molar-refractivity contribution in [3.63, 3.8) is 0 Å². The summed E-state index contributed by atoms with van der Waals surface area (Å²) < 4.78 is 26.1. The van der Waals surface area contributed by atoms with Crippen LogP contribution in [0.5, 0.6) is 0 Å². The molecule has 0 radical (unpaired) electrons. The number of aliphatic hydroxyl groups excluding tert-OH is 1. The second-order valence-electron chi connectivity index (χ2n) is 4.48. The van der Waals surface area contributed by atoms with E-state index < -0.39 is 17.7 Å². The number of halogens is 3. The molecule has 2 rings (SSSR count). The van der Waals surface area contributed by atoms with Gasteiger partial charge >= 0.3 is 6.03 Å². The molecule has 0 atom stereocenters. The number of benzene rings is 2. The number of carbonyl (C=O) groups is 1. The van der Waals surface area contributed by atoms with Gasteiger partial charge in [-0.1, -0.05) is 17.7 Å². The normalized spacial score (nSPS) is 10.4. The third kappa shape index (κ3) is 4.16. The summed E-state index contributed by atoms with van der Waals surface area (Å²) in [5.74, 6) is -1.59. The number of hydrogen-bond donors (Lipinski definition) is 3. The van der Waals surface area contributed by atoms with E-state index in [0.29, 0.717) is 22.3 Å². The van der Waals surface area contributed by atoms with Crippen LogP contribution in [0.1, 0.15) is 5.56 Å². The minimum Gasteiger partial charge on any atom is -0.396 e. The van der Waals surface area contributed by atoms with Gasteiger partial charge in [0.1, 0.15) is 11.6 Å². The Bertz CT molecular complexity index is 675.